The number of rotatable bonds is 4. The Morgan fingerprint density at radius 1 is 0.733 bits per heavy atom. The van der Waals surface area contributed by atoms with E-state index >= 15 is 0 Å². The molecule has 0 unspecified atom stereocenters. The van der Waals surface area contributed by atoms with E-state index < -0.39 is 12.4 Å². The Bertz CT molecular complexity index is 207. The second-order valence-electron chi connectivity index (χ2n) is 2.06. The Balaban J connectivity index is 3.57. The van der Waals surface area contributed by atoms with E-state index in [-0.39, 0.29) is 24.7 Å². The van der Waals surface area contributed by atoms with Gasteiger partial charge in [-0.05, 0) is 0 Å². The van der Waals surface area contributed by atoms with Crippen molar-refractivity contribution in [3.8, 4) is 0 Å². The molecule has 0 rings (SSSR count). The lowest BCUT2D eigenvalue weighted by Gasteiger charge is -2.00. The van der Waals surface area contributed by atoms with Crippen LogP contribution in [0.15, 0.2) is 24.7 Å². The molecule has 2 nitrogen and oxygen atoms in total. The predicted octanol–water partition coefficient (Wildman–Crippen LogP) is 2.71. The molecule has 0 aliphatic heterocycles. The molecule has 0 aromatic heterocycles. The van der Waals surface area contributed by atoms with Crippen LogP contribution >= 0.6 is 0 Å². The zero-order valence-corrected chi connectivity index (χ0v) is 6.97. The van der Waals surface area contributed by atoms with Crippen molar-refractivity contribution in [2.24, 2.45) is 0 Å². The molecular weight excluding hydrogens is 229 g/mol. The Labute approximate surface area is 81.5 Å². The lowest BCUT2D eigenvalue weighted by atomic mass is 10.4. The summed E-state index contributed by atoms with van der Waals surface area (Å²) in [5.74, 6) is 0. The second kappa shape index (κ2) is 5.57. The normalized spacial score (nSPS) is 13.5. The van der Waals surface area contributed by atoms with E-state index in [0.29, 0.717) is 7.69 Å². The third-order valence-electron chi connectivity index (χ3n) is 0.782. The van der Waals surface area contributed by atoms with E-state index in [1.54, 1.807) is 0 Å². The van der Waals surface area contributed by atoms with Crippen LogP contribution in [0.5, 0.6) is 0 Å². The van der Waals surface area contributed by atoms with E-state index in [2.05, 4.69) is 9.31 Å². The topological polar surface area (TPSA) is 18.5 Å². The summed E-state index contributed by atoms with van der Waals surface area (Å²) in [5.41, 5.74) is 0. The summed E-state index contributed by atoms with van der Waals surface area (Å²) in [5, 5.41) is 0. The van der Waals surface area contributed by atoms with Crippen LogP contribution in [0.3, 0.4) is 0 Å². The van der Waals surface area contributed by atoms with Gasteiger partial charge in [0, 0.05) is 0 Å². The van der Waals surface area contributed by atoms with Crippen LogP contribution in [0, 0.1) is 0 Å². The molecule has 0 amide bonds. The lowest BCUT2D eigenvalue weighted by molar-refractivity contribution is -0.0816. The molecule has 0 aliphatic carbocycles. The summed E-state index contributed by atoms with van der Waals surface area (Å²) in [6.45, 7) is 0. The molecule has 15 heavy (non-hydrogen) atoms. The van der Waals surface area contributed by atoms with Crippen LogP contribution < -0.4 is 0 Å². The Morgan fingerprint density at radius 2 is 1.07 bits per heavy atom. The summed E-state index contributed by atoms with van der Waals surface area (Å²) >= 11 is 0. The Kier molecular flexibility index (Phi) is 5.09. The smallest absolute Gasteiger partial charge is 0.532 e. The highest BCUT2D eigenvalue weighted by Crippen LogP contribution is 2.16. The molecule has 0 saturated heterocycles. The van der Waals surface area contributed by atoms with E-state index in [0.717, 1.165) is 0 Å². The van der Waals surface area contributed by atoms with E-state index in [1.165, 1.54) is 0 Å². The van der Waals surface area contributed by atoms with Crippen molar-refractivity contribution >= 4 is 7.69 Å². The molecule has 0 atom stereocenters. The van der Waals surface area contributed by atoms with Gasteiger partial charge in [0.2, 0.25) is 0 Å². The van der Waals surface area contributed by atoms with Crippen LogP contribution in [0.25, 0.3) is 0 Å². The molecule has 0 saturated carbocycles. The fraction of sp³-hybridized carbons (Fsp3) is 0.333. The van der Waals surface area contributed by atoms with Crippen molar-refractivity contribution in [2.75, 3.05) is 0 Å². The van der Waals surface area contributed by atoms with Crippen molar-refractivity contribution in [3.63, 3.8) is 0 Å². The third kappa shape index (κ3) is 12.7. The maximum absolute atomic E-state index is 11.4. The van der Waals surface area contributed by atoms with Gasteiger partial charge in [0.1, 0.15) is 0 Å². The van der Waals surface area contributed by atoms with Crippen LogP contribution in [0.1, 0.15) is 0 Å². The molecule has 0 N–H and O–H groups in total. The molecule has 0 bridgehead atoms. The first kappa shape index (κ1) is 13.7. The first-order chi connectivity index (χ1) is 6.71. The van der Waals surface area contributed by atoms with Gasteiger partial charge in [-0.15, -0.1) is 0 Å². The minimum absolute atomic E-state index is 0.224. The van der Waals surface area contributed by atoms with Gasteiger partial charge in [0.25, 0.3) is 0 Å². The quantitative estimate of drug-likeness (QED) is 0.321. The fourth-order valence-electron chi connectivity index (χ4n) is 0.329. The number of alkyl halides is 6. The average molecular weight is 233 g/mol. The van der Waals surface area contributed by atoms with Crippen LogP contribution in [0.2, 0.25) is 0 Å². The van der Waals surface area contributed by atoms with E-state index in [1.807, 2.05) is 0 Å². The molecule has 1 radical (unpaired) electrons. The van der Waals surface area contributed by atoms with Crippen LogP contribution in [0.4, 0.5) is 26.3 Å². The molecule has 0 aromatic rings. The monoisotopic (exact) mass is 233 g/mol. The predicted molar refractivity (Wildman–Crippen MR) is 38.3 cm³/mol. The maximum atomic E-state index is 11.4. The van der Waals surface area contributed by atoms with Crippen molar-refractivity contribution in [3.05, 3.63) is 24.7 Å². The second-order valence-corrected chi connectivity index (χ2v) is 2.06. The van der Waals surface area contributed by atoms with Gasteiger partial charge in [0.15, 0.2) is 0 Å². The fourth-order valence-corrected chi connectivity index (χ4v) is 0.329. The molecule has 0 aromatic carbocycles. The summed E-state index contributed by atoms with van der Waals surface area (Å²) in [6.07, 6.45) is -9.14. The zero-order valence-electron chi connectivity index (χ0n) is 6.97. The van der Waals surface area contributed by atoms with E-state index in [4.69, 9.17) is 0 Å². The summed E-state index contributed by atoms with van der Waals surface area (Å²) in [6, 6.07) is 0. The van der Waals surface area contributed by atoms with Gasteiger partial charge >= 0.3 is 20.0 Å². The molecule has 0 aliphatic rings. The molecular formula is C6H4BF6O2. The highest BCUT2D eigenvalue weighted by atomic mass is 19.4. The van der Waals surface area contributed by atoms with Crippen molar-refractivity contribution in [1.82, 2.24) is 0 Å². The van der Waals surface area contributed by atoms with Gasteiger partial charge in [-0.3, -0.25) is 0 Å². The van der Waals surface area contributed by atoms with Gasteiger partial charge in [-0.25, -0.2) is 0 Å². The summed E-state index contributed by atoms with van der Waals surface area (Å²) < 4.78 is 76.3. The molecule has 85 valence electrons. The van der Waals surface area contributed by atoms with Crippen molar-refractivity contribution in [1.29, 1.82) is 0 Å². The lowest BCUT2D eigenvalue weighted by Crippen LogP contribution is -2.04. The van der Waals surface area contributed by atoms with Gasteiger partial charge in [0.05, 0.1) is 24.7 Å². The highest BCUT2D eigenvalue weighted by molar-refractivity contribution is 6.18. The van der Waals surface area contributed by atoms with Gasteiger partial charge < -0.3 is 9.31 Å². The first-order valence-corrected chi connectivity index (χ1v) is 3.32. The SMILES string of the molecule is FC(F)(F)C=CO[B]OC=CC(F)(F)F. The molecule has 0 fully saturated rings. The number of hydrogen-bond acceptors (Lipinski definition) is 2. The van der Waals surface area contributed by atoms with Crippen molar-refractivity contribution in [2.45, 2.75) is 12.4 Å². The Morgan fingerprint density at radius 3 is 1.33 bits per heavy atom. The standard InChI is InChI=1S/C6H4BF6O2/c8-5(9,10)1-3-14-7-15-4-2-6(11,12)13/h1-4H. The number of halogens is 6. The minimum Gasteiger partial charge on any atom is -0.532 e. The number of hydrogen-bond donors (Lipinski definition) is 0. The molecule has 0 heterocycles. The minimum atomic E-state index is -4.55. The summed E-state index contributed by atoms with van der Waals surface area (Å²) in [4.78, 5) is 0. The Hall–Kier alpha value is -1.28. The van der Waals surface area contributed by atoms with Gasteiger partial charge in [-0.1, -0.05) is 0 Å². The maximum Gasteiger partial charge on any atom is 0.657 e. The third-order valence-corrected chi connectivity index (χ3v) is 0.782. The van der Waals surface area contributed by atoms with Crippen LogP contribution in [-0.4, -0.2) is 20.0 Å². The average Bonchev–Trinajstić information content (AvgIpc) is 1.98. The largest absolute Gasteiger partial charge is 0.657 e. The van der Waals surface area contributed by atoms with Gasteiger partial charge in [-0.2, -0.15) is 26.3 Å². The zero-order chi connectivity index (χ0) is 11.9. The number of allylic oxidation sites excluding steroid dienone is 2. The summed E-state index contributed by atoms with van der Waals surface area (Å²) in [7, 11) is 0.310. The first-order valence-electron chi connectivity index (χ1n) is 3.32. The highest BCUT2D eigenvalue weighted by Gasteiger charge is 2.23. The van der Waals surface area contributed by atoms with Crippen molar-refractivity contribution < 1.29 is 35.7 Å². The van der Waals surface area contributed by atoms with Crippen LogP contribution in [-0.2, 0) is 9.31 Å². The molecule has 0 spiro atoms. The molecule has 9 heteroatoms. The van der Waals surface area contributed by atoms with E-state index in [9.17, 15) is 26.3 Å².